The van der Waals surface area contributed by atoms with E-state index in [1.54, 1.807) is 41.3 Å². The lowest BCUT2D eigenvalue weighted by Gasteiger charge is -2.35. The van der Waals surface area contributed by atoms with Crippen molar-refractivity contribution in [3.05, 3.63) is 71.3 Å². The number of ketones is 1. The van der Waals surface area contributed by atoms with Crippen LogP contribution in [0.4, 0.5) is 0 Å². The number of carbonyl (C=O) groups is 3. The van der Waals surface area contributed by atoms with Crippen LogP contribution in [0.3, 0.4) is 0 Å². The monoisotopic (exact) mass is 563 g/mol. The first kappa shape index (κ1) is 32.9. The van der Waals surface area contributed by atoms with Gasteiger partial charge in [-0.1, -0.05) is 56.4 Å². The molecule has 12 heteroatoms. The van der Waals surface area contributed by atoms with E-state index in [2.05, 4.69) is 42.4 Å². The number of primary amides is 1. The number of carbonyl (C=O) groups excluding carboxylic acids is 3. The molecule has 0 aliphatic heterocycles. The van der Waals surface area contributed by atoms with Crippen LogP contribution in [0.5, 0.6) is 0 Å². The van der Waals surface area contributed by atoms with Crippen LogP contribution in [0.25, 0.3) is 0 Å². The first-order valence-electron chi connectivity index (χ1n) is 13.3. The number of nitrogens with two attached hydrogens (primary N) is 4. The van der Waals surface area contributed by atoms with Crippen molar-refractivity contribution in [2.24, 2.45) is 40.0 Å². The van der Waals surface area contributed by atoms with Crippen LogP contribution < -0.4 is 33.9 Å². The highest BCUT2D eigenvalue weighted by molar-refractivity contribution is 6.00. The van der Waals surface area contributed by atoms with Crippen LogP contribution >= 0.6 is 0 Å². The average molecular weight is 564 g/mol. The van der Waals surface area contributed by atoms with Crippen molar-refractivity contribution in [2.75, 3.05) is 26.2 Å². The molecule has 1 aromatic rings. The summed E-state index contributed by atoms with van der Waals surface area (Å²) in [4.78, 5) is 38.5. The lowest BCUT2D eigenvalue weighted by atomic mass is 9.70. The van der Waals surface area contributed by atoms with Crippen molar-refractivity contribution in [1.82, 2.24) is 15.8 Å². The van der Waals surface area contributed by atoms with E-state index < -0.39 is 11.3 Å². The van der Waals surface area contributed by atoms with E-state index in [4.69, 9.17) is 23.0 Å². The van der Waals surface area contributed by atoms with Gasteiger partial charge in [0.25, 0.3) is 0 Å². The molecule has 1 aliphatic carbocycles. The number of hydrogen-bond donors (Lipinski definition) is 6. The summed E-state index contributed by atoms with van der Waals surface area (Å²) in [5, 5.41) is 16.5. The van der Waals surface area contributed by atoms with Gasteiger partial charge in [0.2, 0.25) is 11.8 Å². The van der Waals surface area contributed by atoms with Gasteiger partial charge in [0.15, 0.2) is 5.78 Å². The summed E-state index contributed by atoms with van der Waals surface area (Å²) in [7, 11) is 0. The lowest BCUT2D eigenvalue weighted by molar-refractivity contribution is -0.130. The Labute approximate surface area is 241 Å². The molecule has 2 rings (SSSR count). The molecule has 41 heavy (non-hydrogen) atoms. The zero-order chi connectivity index (χ0) is 30.7. The van der Waals surface area contributed by atoms with Gasteiger partial charge in [-0.05, 0) is 49.4 Å². The molecule has 1 aliphatic rings. The number of amides is 2. The Morgan fingerprint density at radius 2 is 1.80 bits per heavy atom. The Balaban J connectivity index is 2.47. The van der Waals surface area contributed by atoms with Crippen molar-refractivity contribution in [1.29, 1.82) is 5.26 Å². The van der Waals surface area contributed by atoms with E-state index in [0.717, 1.165) is 0 Å². The molecule has 0 bridgehead atoms. The molecular formula is C29H41N9O3. The highest BCUT2D eigenvalue weighted by Gasteiger charge is 2.48. The van der Waals surface area contributed by atoms with Gasteiger partial charge in [-0.3, -0.25) is 14.4 Å². The molecule has 0 spiro atoms. The third kappa shape index (κ3) is 7.67. The van der Waals surface area contributed by atoms with Crippen LogP contribution in [0.2, 0.25) is 0 Å². The van der Waals surface area contributed by atoms with Gasteiger partial charge in [0, 0.05) is 17.2 Å². The van der Waals surface area contributed by atoms with E-state index in [1.807, 2.05) is 6.92 Å². The third-order valence-electron chi connectivity index (χ3n) is 7.84. The second-order valence-corrected chi connectivity index (χ2v) is 10.1. The summed E-state index contributed by atoms with van der Waals surface area (Å²) < 4.78 is 0. The van der Waals surface area contributed by atoms with E-state index in [9.17, 15) is 19.6 Å². The minimum Gasteiger partial charge on any atom is -0.385 e. The summed E-state index contributed by atoms with van der Waals surface area (Å²) in [6, 6.07) is 8.74. The second-order valence-electron chi connectivity index (χ2n) is 10.1. The van der Waals surface area contributed by atoms with E-state index in [0.29, 0.717) is 47.1 Å². The van der Waals surface area contributed by atoms with Crippen LogP contribution in [-0.4, -0.2) is 60.6 Å². The molecule has 3 unspecified atom stereocenters. The van der Waals surface area contributed by atoms with Gasteiger partial charge >= 0.3 is 0 Å². The minimum atomic E-state index is -1.08. The Hall–Kier alpha value is -4.31. The highest BCUT2D eigenvalue weighted by atomic mass is 16.2. The molecule has 220 valence electrons. The standard InChI is InChI=1S/C29H41N9O3/c1-5-21(24(39)16-31)7-6-18(2)29(28(33)36-37-34,23-10-8-22(9-11-23)27(32)41)12-14-35-17-25(40)38(15-13-30)26-19(3)20(26)4/h5-11,19-20,26,35,37H,1,12,14-17,31,34H2,2-4H3,(H2,32,41)(H2,33,36)/b18-6+,21-7+/t19-,20?,26?,29?/m0/s1. The van der Waals surface area contributed by atoms with Crippen LogP contribution in [0, 0.1) is 23.2 Å². The number of nitrogens with one attached hydrogen (secondary N) is 2. The Morgan fingerprint density at radius 1 is 1.17 bits per heavy atom. The quantitative estimate of drug-likeness (QED) is 0.0238. The predicted molar refractivity (Wildman–Crippen MR) is 159 cm³/mol. The SMILES string of the molecule is C=C/C(=C\C=C(/C)C(CCNCC(=O)N(CC#N)C1C(C)[C@@H]1C)(/C(N)=N/NN)c1ccc(C(N)=O)cc1)C(=O)CN. The number of allylic oxidation sites excluding steroid dienone is 3. The number of hydrogen-bond acceptors (Lipinski definition) is 9. The number of nitriles is 1. The average Bonchev–Trinajstić information content (AvgIpc) is 3.55. The van der Waals surface area contributed by atoms with Crippen molar-refractivity contribution in [2.45, 2.75) is 38.6 Å². The second kappa shape index (κ2) is 14.9. The normalized spacial score (nSPS) is 20.4. The van der Waals surface area contributed by atoms with Crippen LogP contribution in [-0.2, 0) is 15.0 Å². The molecule has 1 fully saturated rings. The van der Waals surface area contributed by atoms with Gasteiger partial charge in [-0.25, -0.2) is 11.4 Å². The maximum absolute atomic E-state index is 13.0. The van der Waals surface area contributed by atoms with Crippen LogP contribution in [0.15, 0.2) is 65.3 Å². The number of benzene rings is 1. The summed E-state index contributed by atoms with van der Waals surface area (Å²) in [6.07, 6.45) is 5.05. The Bertz CT molecular complexity index is 1260. The van der Waals surface area contributed by atoms with Crippen molar-refractivity contribution in [3.63, 3.8) is 0 Å². The molecule has 12 nitrogen and oxygen atoms in total. The fourth-order valence-corrected chi connectivity index (χ4v) is 5.09. The molecule has 10 N–H and O–H groups in total. The highest BCUT2D eigenvalue weighted by Crippen LogP contribution is 2.42. The van der Waals surface area contributed by atoms with E-state index in [-0.39, 0.29) is 43.2 Å². The number of amidine groups is 1. The molecule has 2 amide bonds. The summed E-state index contributed by atoms with van der Waals surface area (Å²) in [5.74, 6) is 5.27. The molecule has 1 aromatic carbocycles. The van der Waals surface area contributed by atoms with Crippen molar-refractivity contribution < 1.29 is 14.4 Å². The van der Waals surface area contributed by atoms with Crippen molar-refractivity contribution >= 4 is 23.4 Å². The lowest BCUT2D eigenvalue weighted by Crippen LogP contribution is -2.47. The zero-order valence-electron chi connectivity index (χ0n) is 23.9. The molecule has 4 atom stereocenters. The first-order chi connectivity index (χ1) is 19.5. The first-order valence-corrected chi connectivity index (χ1v) is 13.3. The fourth-order valence-electron chi connectivity index (χ4n) is 5.09. The predicted octanol–water partition coefficient (Wildman–Crippen LogP) is 0.332. The summed E-state index contributed by atoms with van der Waals surface area (Å²) in [5.41, 5.74) is 20.7. The van der Waals surface area contributed by atoms with Gasteiger partial charge in [-0.15, -0.1) is 0 Å². The van der Waals surface area contributed by atoms with Crippen LogP contribution in [0.1, 0.15) is 43.1 Å². The van der Waals surface area contributed by atoms with E-state index >= 15 is 0 Å². The minimum absolute atomic E-state index is 0.0226. The van der Waals surface area contributed by atoms with Gasteiger partial charge < -0.3 is 27.4 Å². The molecular weight excluding hydrogens is 522 g/mol. The topological polar surface area (TPSA) is 219 Å². The van der Waals surface area contributed by atoms with E-state index in [1.165, 1.54) is 6.08 Å². The molecule has 0 aromatic heterocycles. The summed E-state index contributed by atoms with van der Waals surface area (Å²) in [6.45, 7) is 9.82. The van der Waals surface area contributed by atoms with Gasteiger partial charge in [0.1, 0.15) is 12.4 Å². The smallest absolute Gasteiger partial charge is 0.248 e. The molecule has 0 heterocycles. The van der Waals surface area contributed by atoms with Gasteiger partial charge in [-0.2, -0.15) is 10.4 Å². The Kier molecular flexibility index (Phi) is 12.0. The Morgan fingerprint density at radius 3 is 2.29 bits per heavy atom. The third-order valence-corrected chi connectivity index (χ3v) is 7.84. The maximum atomic E-state index is 13.0. The molecule has 1 saturated carbocycles. The largest absolute Gasteiger partial charge is 0.385 e. The maximum Gasteiger partial charge on any atom is 0.248 e. The zero-order valence-corrected chi connectivity index (χ0v) is 23.9. The number of Topliss-reactive ketones (excluding diaryl/α,β-unsaturated/α-hetero) is 1. The fraction of sp³-hybridized carbons (Fsp3) is 0.414. The number of hydrazone groups is 1. The molecule has 0 saturated heterocycles. The van der Waals surface area contributed by atoms with Gasteiger partial charge in [0.05, 0.1) is 24.6 Å². The number of hydrazine groups is 1. The number of rotatable bonds is 16. The molecule has 0 radical (unpaired) electrons. The number of nitrogens with zero attached hydrogens (tertiary/aromatic N) is 3. The van der Waals surface area contributed by atoms with Crippen molar-refractivity contribution in [3.8, 4) is 6.07 Å². The summed E-state index contributed by atoms with van der Waals surface area (Å²) >= 11 is 0.